The maximum atomic E-state index is 13.3. The normalized spacial score (nSPS) is 18.8. The lowest BCUT2D eigenvalue weighted by molar-refractivity contribution is -0.0507. The molecule has 0 saturated heterocycles. The van der Waals surface area contributed by atoms with E-state index in [0.717, 1.165) is 22.2 Å². The summed E-state index contributed by atoms with van der Waals surface area (Å²) in [5, 5.41) is 10.3. The Hall–Kier alpha value is -3.92. The second-order valence-corrected chi connectivity index (χ2v) is 10.1. The van der Waals surface area contributed by atoms with Gasteiger partial charge in [-0.2, -0.15) is 8.78 Å². The Kier molecular flexibility index (Phi) is 5.10. The average Bonchev–Trinajstić information content (AvgIpc) is 3.36. The van der Waals surface area contributed by atoms with Gasteiger partial charge >= 0.3 is 6.61 Å². The number of fused-ring (bicyclic) bond motifs is 9. The van der Waals surface area contributed by atoms with Crippen LogP contribution in [0.4, 0.5) is 8.78 Å². The van der Waals surface area contributed by atoms with Crippen molar-refractivity contribution in [1.29, 1.82) is 0 Å². The van der Waals surface area contributed by atoms with Crippen LogP contribution in [0.15, 0.2) is 42.6 Å². The van der Waals surface area contributed by atoms with E-state index in [1.165, 1.54) is 6.07 Å². The third-order valence-corrected chi connectivity index (χ3v) is 7.24. The van der Waals surface area contributed by atoms with Gasteiger partial charge in [-0.05, 0) is 50.6 Å². The SMILES string of the molecule is Cc1nc(C(C)(C)O)ncc1-c1ccc2nc3n(c2c1)[C@@H]1C[C@H]3N(C)C(=O)c2cccc(OC(F)F)c21. The molecule has 10 heteroatoms. The van der Waals surface area contributed by atoms with Crippen molar-refractivity contribution in [3.8, 4) is 16.9 Å². The first kappa shape index (κ1) is 23.5. The van der Waals surface area contributed by atoms with Crippen LogP contribution in [0.1, 0.15) is 65.6 Å². The largest absolute Gasteiger partial charge is 0.434 e. The molecule has 0 saturated carbocycles. The number of hydrogen-bond acceptors (Lipinski definition) is 6. The van der Waals surface area contributed by atoms with Crippen molar-refractivity contribution in [3.05, 3.63) is 71.1 Å². The molecule has 2 aromatic heterocycles. The Morgan fingerprint density at radius 1 is 1.14 bits per heavy atom. The highest BCUT2D eigenvalue weighted by Gasteiger charge is 2.45. The Morgan fingerprint density at radius 2 is 1.92 bits per heavy atom. The van der Waals surface area contributed by atoms with E-state index >= 15 is 0 Å². The maximum Gasteiger partial charge on any atom is 0.387 e. The average molecular weight is 506 g/mol. The summed E-state index contributed by atoms with van der Waals surface area (Å²) < 4.78 is 33.5. The van der Waals surface area contributed by atoms with E-state index in [2.05, 4.69) is 9.97 Å². The van der Waals surface area contributed by atoms with Crippen molar-refractivity contribution in [3.63, 3.8) is 0 Å². The van der Waals surface area contributed by atoms with Crippen molar-refractivity contribution in [2.75, 3.05) is 7.05 Å². The van der Waals surface area contributed by atoms with Crippen LogP contribution in [0, 0.1) is 6.92 Å². The number of hydrogen-bond donors (Lipinski definition) is 1. The van der Waals surface area contributed by atoms with Gasteiger partial charge in [0, 0.05) is 42.0 Å². The van der Waals surface area contributed by atoms with Gasteiger partial charge in [0.1, 0.15) is 17.2 Å². The first-order chi connectivity index (χ1) is 17.5. The van der Waals surface area contributed by atoms with Gasteiger partial charge in [-0.1, -0.05) is 12.1 Å². The monoisotopic (exact) mass is 505 g/mol. The molecule has 0 spiro atoms. The number of aromatic nitrogens is 4. The van der Waals surface area contributed by atoms with Crippen LogP contribution in [0.5, 0.6) is 5.75 Å². The smallest absolute Gasteiger partial charge is 0.387 e. The van der Waals surface area contributed by atoms with Crippen LogP contribution in [0.3, 0.4) is 0 Å². The van der Waals surface area contributed by atoms with Gasteiger partial charge in [0.25, 0.3) is 5.91 Å². The van der Waals surface area contributed by atoms with E-state index in [-0.39, 0.29) is 17.7 Å². The van der Waals surface area contributed by atoms with Gasteiger partial charge < -0.3 is 19.3 Å². The first-order valence-corrected chi connectivity index (χ1v) is 12.0. The number of imidazole rings is 1. The minimum atomic E-state index is -3.01. The Bertz CT molecular complexity index is 1580. The molecule has 6 rings (SSSR count). The van der Waals surface area contributed by atoms with E-state index in [9.17, 15) is 18.7 Å². The molecule has 1 N–H and O–H groups in total. The highest BCUT2D eigenvalue weighted by atomic mass is 19.3. The van der Waals surface area contributed by atoms with E-state index in [0.29, 0.717) is 34.9 Å². The predicted molar refractivity (Wildman–Crippen MR) is 131 cm³/mol. The molecule has 4 heterocycles. The molecule has 4 aromatic rings. The lowest BCUT2D eigenvalue weighted by atomic mass is 9.97. The number of aliphatic hydroxyl groups is 1. The molecule has 1 amide bonds. The predicted octanol–water partition coefficient (Wildman–Crippen LogP) is 4.75. The zero-order valence-corrected chi connectivity index (χ0v) is 20.7. The van der Waals surface area contributed by atoms with Crippen LogP contribution < -0.4 is 4.74 Å². The molecular weight excluding hydrogens is 480 g/mol. The molecule has 2 atom stereocenters. The molecule has 190 valence electrons. The quantitative estimate of drug-likeness (QED) is 0.430. The molecule has 2 aromatic carbocycles. The van der Waals surface area contributed by atoms with Crippen molar-refractivity contribution < 1.29 is 23.4 Å². The number of benzene rings is 2. The van der Waals surface area contributed by atoms with Crippen molar-refractivity contribution >= 4 is 16.9 Å². The Balaban J connectivity index is 1.54. The Morgan fingerprint density at radius 3 is 2.62 bits per heavy atom. The standard InChI is InChI=1S/C27H25F2N5O3/c1-13-16(12-30-25(31-13)27(2,3)36)14-8-9-17-18(10-14)34-19-11-20(23(34)32-17)33(4)24(35)15-6-5-7-21(22(15)19)37-26(28)29/h5-10,12,19-20,26,36H,11H2,1-4H3/t19-,20-/m1/s1. The second kappa shape index (κ2) is 8.04. The minimum Gasteiger partial charge on any atom is -0.434 e. The van der Waals surface area contributed by atoms with Gasteiger partial charge in [-0.25, -0.2) is 15.0 Å². The summed E-state index contributed by atoms with van der Waals surface area (Å²) in [6, 6.07) is 9.79. The number of amides is 1. The summed E-state index contributed by atoms with van der Waals surface area (Å²) in [5.41, 5.74) is 3.55. The van der Waals surface area contributed by atoms with Crippen LogP contribution in [-0.2, 0) is 5.60 Å². The molecule has 2 bridgehead atoms. The number of carbonyl (C=O) groups excluding carboxylic acids is 1. The summed E-state index contributed by atoms with van der Waals surface area (Å²) in [4.78, 5) is 28.6. The minimum absolute atomic E-state index is 0.00259. The maximum absolute atomic E-state index is 13.3. The molecule has 37 heavy (non-hydrogen) atoms. The summed E-state index contributed by atoms with van der Waals surface area (Å²) in [6.45, 7) is 2.12. The van der Waals surface area contributed by atoms with E-state index < -0.39 is 18.3 Å². The first-order valence-electron chi connectivity index (χ1n) is 12.0. The number of rotatable bonds is 4. The van der Waals surface area contributed by atoms with Crippen LogP contribution in [0.25, 0.3) is 22.2 Å². The third-order valence-electron chi connectivity index (χ3n) is 7.24. The molecule has 2 aliphatic rings. The highest BCUT2D eigenvalue weighted by molar-refractivity contribution is 5.98. The van der Waals surface area contributed by atoms with Gasteiger partial charge in [0.15, 0.2) is 5.82 Å². The van der Waals surface area contributed by atoms with Gasteiger partial charge in [0.05, 0.1) is 23.1 Å². The molecule has 0 fully saturated rings. The highest BCUT2D eigenvalue weighted by Crippen LogP contribution is 2.50. The molecule has 0 aliphatic carbocycles. The molecule has 0 unspecified atom stereocenters. The molecule has 2 aliphatic heterocycles. The summed E-state index contributed by atoms with van der Waals surface area (Å²) >= 11 is 0. The van der Waals surface area contributed by atoms with E-state index in [4.69, 9.17) is 9.72 Å². The number of nitrogens with zero attached hydrogens (tertiary/aromatic N) is 5. The summed E-state index contributed by atoms with van der Waals surface area (Å²) in [5.74, 6) is 0.787. The van der Waals surface area contributed by atoms with Crippen molar-refractivity contribution in [2.24, 2.45) is 0 Å². The van der Waals surface area contributed by atoms with Crippen LogP contribution in [-0.4, -0.2) is 49.1 Å². The lowest BCUT2D eigenvalue weighted by Gasteiger charge is -2.24. The summed E-state index contributed by atoms with van der Waals surface area (Å²) in [6.07, 6.45) is 2.20. The van der Waals surface area contributed by atoms with Crippen molar-refractivity contribution in [2.45, 2.75) is 51.5 Å². The van der Waals surface area contributed by atoms with Crippen LogP contribution in [0.2, 0.25) is 0 Å². The Labute approximate surface area is 211 Å². The fraction of sp³-hybridized carbons (Fsp3) is 0.333. The zero-order valence-electron chi connectivity index (χ0n) is 20.7. The number of aryl methyl sites for hydroxylation is 1. The zero-order chi connectivity index (χ0) is 26.2. The fourth-order valence-corrected chi connectivity index (χ4v) is 5.49. The van der Waals surface area contributed by atoms with Gasteiger partial charge in [0.2, 0.25) is 0 Å². The molecule has 0 radical (unpaired) electrons. The lowest BCUT2D eigenvalue weighted by Crippen LogP contribution is -2.30. The number of halogens is 2. The van der Waals surface area contributed by atoms with E-state index in [1.807, 2.05) is 29.7 Å². The number of carbonyl (C=O) groups is 1. The van der Waals surface area contributed by atoms with Crippen LogP contribution >= 0.6 is 0 Å². The third kappa shape index (κ3) is 3.58. The summed E-state index contributed by atoms with van der Waals surface area (Å²) in [7, 11) is 1.71. The molecular formula is C27H25F2N5O3. The second-order valence-electron chi connectivity index (χ2n) is 10.1. The van der Waals surface area contributed by atoms with Crippen molar-refractivity contribution in [1.82, 2.24) is 24.4 Å². The van der Waals surface area contributed by atoms with Gasteiger partial charge in [-0.15, -0.1) is 0 Å². The number of ether oxygens (including phenoxy) is 1. The van der Waals surface area contributed by atoms with Gasteiger partial charge in [-0.3, -0.25) is 4.79 Å². The topological polar surface area (TPSA) is 93.4 Å². The number of alkyl halides is 2. The fourth-order valence-electron chi connectivity index (χ4n) is 5.49. The molecule has 8 nitrogen and oxygen atoms in total. The van der Waals surface area contributed by atoms with E-state index in [1.54, 1.807) is 44.1 Å².